The number of carbonyl (C=O) groups is 1. The molecule has 0 aliphatic heterocycles. The number of aromatic nitrogens is 1. The Hall–Kier alpha value is -2.07. The van der Waals surface area contributed by atoms with Gasteiger partial charge >= 0.3 is 0 Å². The molecule has 1 aromatic carbocycles. The molecule has 0 saturated carbocycles. The first-order valence-corrected chi connectivity index (χ1v) is 7.54. The fourth-order valence-electron chi connectivity index (χ4n) is 2.20. The third-order valence-electron chi connectivity index (χ3n) is 3.31. The van der Waals surface area contributed by atoms with E-state index in [9.17, 15) is 9.90 Å². The summed E-state index contributed by atoms with van der Waals surface area (Å²) >= 11 is 5.75. The zero-order valence-electron chi connectivity index (χ0n) is 12.4. The van der Waals surface area contributed by atoms with Crippen molar-refractivity contribution >= 4 is 17.9 Å². The third kappa shape index (κ3) is 3.98. The van der Waals surface area contributed by atoms with E-state index in [1.807, 2.05) is 13.0 Å². The van der Waals surface area contributed by atoms with Crippen LogP contribution in [0.1, 0.15) is 30.0 Å². The second kappa shape index (κ2) is 7.80. The minimum Gasteiger partial charge on any atom is -0.507 e. The summed E-state index contributed by atoms with van der Waals surface area (Å²) in [6.07, 6.45) is 4.20. The molecule has 5 heteroatoms. The van der Waals surface area contributed by atoms with Gasteiger partial charge in [-0.25, -0.2) is 4.98 Å². The number of halogens is 1. The molecule has 0 atom stereocenters. The number of aromatic hydroxyl groups is 1. The van der Waals surface area contributed by atoms with E-state index in [1.54, 1.807) is 24.4 Å². The molecule has 22 heavy (non-hydrogen) atoms. The minimum absolute atomic E-state index is 0.153. The molecular weight excluding hydrogens is 302 g/mol. The van der Waals surface area contributed by atoms with Gasteiger partial charge in [-0.2, -0.15) is 0 Å². The number of rotatable bonds is 7. The average Bonchev–Trinajstić information content (AvgIpc) is 2.52. The maximum atomic E-state index is 10.7. The molecule has 1 heterocycles. The number of benzene rings is 1. The molecule has 0 spiro atoms. The van der Waals surface area contributed by atoms with Gasteiger partial charge in [0, 0.05) is 29.3 Å². The van der Waals surface area contributed by atoms with Gasteiger partial charge in [0.25, 0.3) is 0 Å². The van der Waals surface area contributed by atoms with E-state index in [4.69, 9.17) is 16.3 Å². The van der Waals surface area contributed by atoms with E-state index in [-0.39, 0.29) is 12.2 Å². The maximum Gasteiger partial charge on any atom is 0.129 e. The predicted octanol–water partition coefficient (Wildman–Crippen LogP) is 3.71. The zero-order valence-corrected chi connectivity index (χ0v) is 13.1. The number of nitrogens with zero attached hydrogens (tertiary/aromatic N) is 1. The van der Waals surface area contributed by atoms with Gasteiger partial charge in [0.05, 0.1) is 0 Å². The highest BCUT2D eigenvalue weighted by molar-refractivity contribution is 6.29. The average molecular weight is 320 g/mol. The maximum absolute atomic E-state index is 10.7. The highest BCUT2D eigenvalue weighted by atomic mass is 35.5. The first kappa shape index (κ1) is 16.3. The molecule has 116 valence electrons. The van der Waals surface area contributed by atoms with Gasteiger partial charge in [-0.05, 0) is 18.6 Å². The van der Waals surface area contributed by atoms with E-state index in [0.29, 0.717) is 29.5 Å². The SMILES string of the molecule is CCCc1c(OCc2ccc(Cl)nc2)ccc(CC=O)c1O. The lowest BCUT2D eigenvalue weighted by Gasteiger charge is -2.14. The number of hydrogen-bond donors (Lipinski definition) is 1. The Labute approximate surface area is 134 Å². The molecular formula is C17H18ClNO3. The van der Waals surface area contributed by atoms with Crippen LogP contribution in [0.15, 0.2) is 30.5 Å². The van der Waals surface area contributed by atoms with E-state index in [1.165, 1.54) is 0 Å². The van der Waals surface area contributed by atoms with Crippen LogP contribution in [0.5, 0.6) is 11.5 Å². The number of ether oxygens (including phenoxy) is 1. The molecule has 0 radical (unpaired) electrons. The Balaban J connectivity index is 2.20. The molecule has 0 aliphatic carbocycles. The lowest BCUT2D eigenvalue weighted by Crippen LogP contribution is -2.01. The van der Waals surface area contributed by atoms with Crippen molar-refractivity contribution in [3.63, 3.8) is 0 Å². The standard InChI is InChI=1S/C17H18ClNO3/c1-2-3-14-15(6-5-13(8-9-20)17(14)21)22-11-12-4-7-16(18)19-10-12/h4-7,9-10,21H,2-3,8,11H2,1H3. The fraction of sp³-hybridized carbons (Fsp3) is 0.294. The summed E-state index contributed by atoms with van der Waals surface area (Å²) in [6.45, 7) is 2.37. The molecule has 0 saturated heterocycles. The number of pyridine rings is 1. The summed E-state index contributed by atoms with van der Waals surface area (Å²) in [6, 6.07) is 7.07. The quantitative estimate of drug-likeness (QED) is 0.624. The van der Waals surface area contributed by atoms with Crippen LogP contribution in [0.3, 0.4) is 0 Å². The summed E-state index contributed by atoms with van der Waals surface area (Å²) in [5, 5.41) is 10.7. The number of phenolic OH excluding ortho intramolecular Hbond substituents is 1. The normalized spacial score (nSPS) is 10.5. The Morgan fingerprint density at radius 2 is 2.14 bits per heavy atom. The fourth-order valence-corrected chi connectivity index (χ4v) is 2.31. The summed E-state index contributed by atoms with van der Waals surface area (Å²) in [7, 11) is 0. The number of hydrogen-bond acceptors (Lipinski definition) is 4. The lowest BCUT2D eigenvalue weighted by molar-refractivity contribution is -0.107. The molecule has 0 fully saturated rings. The van der Waals surface area contributed by atoms with Gasteiger partial charge in [0.15, 0.2) is 0 Å². The molecule has 2 aromatic rings. The molecule has 0 unspecified atom stereocenters. The van der Waals surface area contributed by atoms with Crippen LogP contribution in [0.25, 0.3) is 0 Å². The second-order valence-corrected chi connectivity index (χ2v) is 5.34. The molecule has 0 amide bonds. The predicted molar refractivity (Wildman–Crippen MR) is 85.4 cm³/mol. The lowest BCUT2D eigenvalue weighted by atomic mass is 10.0. The van der Waals surface area contributed by atoms with Crippen molar-refractivity contribution in [3.05, 3.63) is 52.3 Å². The third-order valence-corrected chi connectivity index (χ3v) is 3.53. The highest BCUT2D eigenvalue weighted by Gasteiger charge is 2.13. The largest absolute Gasteiger partial charge is 0.507 e. The number of carbonyl (C=O) groups excluding carboxylic acids is 1. The zero-order chi connectivity index (χ0) is 15.9. The molecule has 0 aliphatic rings. The van der Waals surface area contributed by atoms with Gasteiger partial charge in [-0.3, -0.25) is 0 Å². The summed E-state index contributed by atoms with van der Waals surface area (Å²) in [4.78, 5) is 14.7. The molecule has 1 N–H and O–H groups in total. The van der Waals surface area contributed by atoms with E-state index >= 15 is 0 Å². The van der Waals surface area contributed by atoms with Crippen molar-refractivity contribution < 1.29 is 14.6 Å². The van der Waals surface area contributed by atoms with Gasteiger partial charge < -0.3 is 14.6 Å². The molecule has 0 bridgehead atoms. The first-order valence-electron chi connectivity index (χ1n) is 7.16. The Kier molecular flexibility index (Phi) is 5.78. The van der Waals surface area contributed by atoms with Gasteiger partial charge in [0.1, 0.15) is 29.5 Å². The Bertz CT molecular complexity index is 641. The van der Waals surface area contributed by atoms with Crippen molar-refractivity contribution in [1.29, 1.82) is 0 Å². The van der Waals surface area contributed by atoms with Crippen LogP contribution < -0.4 is 4.74 Å². The number of aldehydes is 1. The summed E-state index contributed by atoms with van der Waals surface area (Å²) in [5.74, 6) is 0.782. The van der Waals surface area contributed by atoms with Crippen LogP contribution in [-0.4, -0.2) is 16.4 Å². The van der Waals surface area contributed by atoms with Gasteiger partial charge in [0.2, 0.25) is 0 Å². The van der Waals surface area contributed by atoms with Gasteiger partial charge in [-0.15, -0.1) is 0 Å². The van der Waals surface area contributed by atoms with E-state index in [2.05, 4.69) is 4.98 Å². The van der Waals surface area contributed by atoms with Crippen molar-refractivity contribution in [2.45, 2.75) is 32.8 Å². The van der Waals surface area contributed by atoms with Crippen molar-refractivity contribution in [2.24, 2.45) is 0 Å². The van der Waals surface area contributed by atoms with Crippen molar-refractivity contribution in [1.82, 2.24) is 4.98 Å². The Morgan fingerprint density at radius 3 is 2.77 bits per heavy atom. The van der Waals surface area contributed by atoms with Crippen LogP contribution >= 0.6 is 11.6 Å². The molecule has 2 rings (SSSR count). The van der Waals surface area contributed by atoms with Gasteiger partial charge in [-0.1, -0.05) is 37.1 Å². The van der Waals surface area contributed by atoms with E-state index < -0.39 is 0 Å². The first-order chi connectivity index (χ1) is 10.7. The summed E-state index contributed by atoms with van der Waals surface area (Å²) < 4.78 is 5.80. The molecule has 1 aromatic heterocycles. The summed E-state index contributed by atoms with van der Waals surface area (Å²) in [5.41, 5.74) is 2.26. The minimum atomic E-state index is 0.153. The highest BCUT2D eigenvalue weighted by Crippen LogP contribution is 2.33. The monoisotopic (exact) mass is 319 g/mol. The topological polar surface area (TPSA) is 59.4 Å². The Morgan fingerprint density at radius 1 is 1.32 bits per heavy atom. The van der Waals surface area contributed by atoms with Crippen LogP contribution in [0.4, 0.5) is 0 Å². The van der Waals surface area contributed by atoms with E-state index in [0.717, 1.165) is 23.8 Å². The molecule has 4 nitrogen and oxygen atoms in total. The van der Waals surface area contributed by atoms with Crippen LogP contribution in [0.2, 0.25) is 5.15 Å². The number of phenols is 1. The van der Waals surface area contributed by atoms with Crippen LogP contribution in [0, 0.1) is 0 Å². The van der Waals surface area contributed by atoms with Crippen molar-refractivity contribution in [2.75, 3.05) is 0 Å². The smallest absolute Gasteiger partial charge is 0.129 e. The van der Waals surface area contributed by atoms with Crippen molar-refractivity contribution in [3.8, 4) is 11.5 Å². The second-order valence-electron chi connectivity index (χ2n) is 4.95. The van der Waals surface area contributed by atoms with Crippen LogP contribution in [-0.2, 0) is 24.2 Å².